The van der Waals surface area contributed by atoms with E-state index >= 15 is 0 Å². The third kappa shape index (κ3) is 2.17. The highest BCUT2D eigenvalue weighted by molar-refractivity contribution is 9.10. The Labute approximate surface area is 117 Å². The molecule has 2 heteroatoms. The molecule has 2 aromatic rings. The van der Waals surface area contributed by atoms with Crippen molar-refractivity contribution >= 4 is 21.6 Å². The number of anilines is 1. The second-order valence-corrected chi connectivity index (χ2v) is 5.86. The normalized spacial score (nSPS) is 15.6. The Morgan fingerprint density at radius 1 is 1.06 bits per heavy atom. The molecular formula is C16H16BrN. The molecular weight excluding hydrogens is 286 g/mol. The van der Waals surface area contributed by atoms with Crippen molar-refractivity contribution in [2.75, 3.05) is 18.0 Å². The van der Waals surface area contributed by atoms with Crippen LogP contribution in [0, 0.1) is 6.92 Å². The Hall–Kier alpha value is -1.28. The minimum absolute atomic E-state index is 0.685. The van der Waals surface area contributed by atoms with Crippen LogP contribution >= 0.6 is 15.9 Å². The topological polar surface area (TPSA) is 3.24 Å². The lowest BCUT2D eigenvalue weighted by atomic mass is 9.90. The lowest BCUT2D eigenvalue weighted by Crippen LogP contribution is -2.45. The van der Waals surface area contributed by atoms with E-state index in [1.807, 2.05) is 0 Å². The van der Waals surface area contributed by atoms with Gasteiger partial charge in [-0.05, 0) is 30.2 Å². The van der Waals surface area contributed by atoms with Crippen molar-refractivity contribution in [1.29, 1.82) is 0 Å². The second kappa shape index (κ2) is 4.77. The quantitative estimate of drug-likeness (QED) is 0.796. The SMILES string of the molecule is Cc1ccc(Br)cc1N1CC(c2ccccc2)C1. The fourth-order valence-corrected chi connectivity index (χ4v) is 2.88. The van der Waals surface area contributed by atoms with E-state index in [1.165, 1.54) is 16.8 Å². The lowest BCUT2D eigenvalue weighted by molar-refractivity contribution is 0.524. The largest absolute Gasteiger partial charge is 0.370 e. The van der Waals surface area contributed by atoms with E-state index < -0.39 is 0 Å². The van der Waals surface area contributed by atoms with Gasteiger partial charge < -0.3 is 4.90 Å². The van der Waals surface area contributed by atoms with Gasteiger partial charge in [0.1, 0.15) is 0 Å². The van der Waals surface area contributed by atoms with Crippen LogP contribution in [0.4, 0.5) is 5.69 Å². The fourth-order valence-electron chi connectivity index (χ4n) is 2.53. The minimum atomic E-state index is 0.685. The van der Waals surface area contributed by atoms with Gasteiger partial charge in [-0.2, -0.15) is 0 Å². The molecule has 0 atom stereocenters. The van der Waals surface area contributed by atoms with Crippen LogP contribution in [0.15, 0.2) is 53.0 Å². The first-order valence-electron chi connectivity index (χ1n) is 6.30. The van der Waals surface area contributed by atoms with E-state index in [9.17, 15) is 0 Å². The average Bonchev–Trinajstić information content (AvgIpc) is 2.33. The molecule has 1 fully saturated rings. The molecule has 0 spiro atoms. The Morgan fingerprint density at radius 3 is 2.50 bits per heavy atom. The summed E-state index contributed by atoms with van der Waals surface area (Å²) in [5, 5.41) is 0. The van der Waals surface area contributed by atoms with E-state index in [-0.39, 0.29) is 0 Å². The molecule has 1 aliphatic heterocycles. The molecule has 18 heavy (non-hydrogen) atoms. The molecule has 1 nitrogen and oxygen atoms in total. The summed E-state index contributed by atoms with van der Waals surface area (Å²) in [5.41, 5.74) is 4.17. The monoisotopic (exact) mass is 301 g/mol. The van der Waals surface area contributed by atoms with Gasteiger partial charge in [-0.15, -0.1) is 0 Å². The molecule has 1 heterocycles. The standard InChI is InChI=1S/C16H16BrN/c1-12-7-8-15(17)9-16(12)18-10-14(11-18)13-5-3-2-4-6-13/h2-9,14H,10-11H2,1H3. The molecule has 0 aliphatic carbocycles. The van der Waals surface area contributed by atoms with Crippen LogP contribution in [-0.2, 0) is 0 Å². The van der Waals surface area contributed by atoms with Gasteiger partial charge in [0.2, 0.25) is 0 Å². The summed E-state index contributed by atoms with van der Waals surface area (Å²) >= 11 is 3.55. The van der Waals surface area contributed by atoms with Crippen molar-refractivity contribution < 1.29 is 0 Å². The Morgan fingerprint density at radius 2 is 1.78 bits per heavy atom. The molecule has 92 valence electrons. The molecule has 0 bridgehead atoms. The number of hydrogen-bond acceptors (Lipinski definition) is 1. The second-order valence-electron chi connectivity index (χ2n) is 4.94. The first-order valence-corrected chi connectivity index (χ1v) is 7.09. The van der Waals surface area contributed by atoms with Gasteiger partial charge in [0.25, 0.3) is 0 Å². The van der Waals surface area contributed by atoms with Crippen LogP contribution in [0.25, 0.3) is 0 Å². The average molecular weight is 302 g/mol. The molecule has 2 aromatic carbocycles. The first kappa shape index (κ1) is 11.8. The molecule has 0 aromatic heterocycles. The third-order valence-corrected chi connectivity index (χ3v) is 4.16. The van der Waals surface area contributed by atoms with Gasteiger partial charge in [0, 0.05) is 29.2 Å². The van der Waals surface area contributed by atoms with Crippen LogP contribution in [0.2, 0.25) is 0 Å². The Kier molecular flexibility index (Phi) is 3.13. The third-order valence-electron chi connectivity index (χ3n) is 3.66. The molecule has 0 unspecified atom stereocenters. The summed E-state index contributed by atoms with van der Waals surface area (Å²) in [6, 6.07) is 17.3. The van der Waals surface area contributed by atoms with Crippen LogP contribution in [0.5, 0.6) is 0 Å². The molecule has 0 amide bonds. The summed E-state index contributed by atoms with van der Waals surface area (Å²) < 4.78 is 1.16. The molecule has 0 N–H and O–H groups in total. The smallest absolute Gasteiger partial charge is 0.0407 e. The van der Waals surface area contributed by atoms with Crippen molar-refractivity contribution in [3.05, 3.63) is 64.1 Å². The Bertz CT molecular complexity index is 544. The van der Waals surface area contributed by atoms with Crippen molar-refractivity contribution in [1.82, 2.24) is 0 Å². The van der Waals surface area contributed by atoms with Gasteiger partial charge in [0.15, 0.2) is 0 Å². The van der Waals surface area contributed by atoms with Crippen LogP contribution in [0.3, 0.4) is 0 Å². The maximum atomic E-state index is 3.55. The number of benzene rings is 2. The number of aryl methyl sites for hydroxylation is 1. The summed E-state index contributed by atoms with van der Waals surface area (Å²) in [4.78, 5) is 2.46. The predicted octanol–water partition coefficient (Wildman–Crippen LogP) is 4.36. The van der Waals surface area contributed by atoms with E-state index in [0.717, 1.165) is 17.6 Å². The van der Waals surface area contributed by atoms with Gasteiger partial charge >= 0.3 is 0 Å². The zero-order valence-electron chi connectivity index (χ0n) is 10.4. The Balaban J connectivity index is 1.74. The lowest BCUT2D eigenvalue weighted by Gasteiger charge is -2.42. The fraction of sp³-hybridized carbons (Fsp3) is 0.250. The number of rotatable bonds is 2. The number of nitrogens with zero attached hydrogens (tertiary/aromatic N) is 1. The highest BCUT2D eigenvalue weighted by atomic mass is 79.9. The summed E-state index contributed by atoms with van der Waals surface area (Å²) in [6.45, 7) is 4.43. The van der Waals surface area contributed by atoms with Crippen molar-refractivity contribution in [2.45, 2.75) is 12.8 Å². The highest BCUT2D eigenvalue weighted by Crippen LogP contribution is 2.34. The van der Waals surface area contributed by atoms with Crippen LogP contribution < -0.4 is 4.90 Å². The van der Waals surface area contributed by atoms with Crippen LogP contribution in [-0.4, -0.2) is 13.1 Å². The van der Waals surface area contributed by atoms with E-state index in [1.54, 1.807) is 0 Å². The van der Waals surface area contributed by atoms with E-state index in [4.69, 9.17) is 0 Å². The van der Waals surface area contributed by atoms with Crippen molar-refractivity contribution in [3.8, 4) is 0 Å². The zero-order valence-corrected chi connectivity index (χ0v) is 12.0. The molecule has 0 saturated carbocycles. The summed E-state index contributed by atoms with van der Waals surface area (Å²) in [7, 11) is 0. The van der Waals surface area contributed by atoms with Gasteiger partial charge in [-0.25, -0.2) is 0 Å². The predicted molar refractivity (Wildman–Crippen MR) is 80.3 cm³/mol. The van der Waals surface area contributed by atoms with Gasteiger partial charge in [-0.1, -0.05) is 52.3 Å². The summed E-state index contributed by atoms with van der Waals surface area (Å²) in [5.74, 6) is 0.685. The summed E-state index contributed by atoms with van der Waals surface area (Å²) in [6.07, 6.45) is 0. The maximum Gasteiger partial charge on any atom is 0.0407 e. The molecule has 0 radical (unpaired) electrons. The zero-order chi connectivity index (χ0) is 12.5. The molecule has 3 rings (SSSR count). The highest BCUT2D eigenvalue weighted by Gasteiger charge is 2.28. The van der Waals surface area contributed by atoms with Crippen molar-refractivity contribution in [2.24, 2.45) is 0 Å². The minimum Gasteiger partial charge on any atom is -0.370 e. The molecule has 1 saturated heterocycles. The molecule has 1 aliphatic rings. The first-order chi connectivity index (χ1) is 8.74. The number of hydrogen-bond donors (Lipinski definition) is 0. The van der Waals surface area contributed by atoms with Crippen molar-refractivity contribution in [3.63, 3.8) is 0 Å². The van der Waals surface area contributed by atoms with E-state index in [0.29, 0.717) is 5.92 Å². The van der Waals surface area contributed by atoms with Gasteiger partial charge in [-0.3, -0.25) is 0 Å². The van der Waals surface area contributed by atoms with Gasteiger partial charge in [0.05, 0.1) is 0 Å². The number of halogens is 1. The van der Waals surface area contributed by atoms with E-state index in [2.05, 4.69) is 76.3 Å². The van der Waals surface area contributed by atoms with Crippen LogP contribution in [0.1, 0.15) is 17.0 Å². The maximum absolute atomic E-state index is 3.55.